The maximum atomic E-state index is 12.6. The molecule has 0 radical (unpaired) electrons. The number of pyridine rings is 1. The van der Waals surface area contributed by atoms with Gasteiger partial charge in [-0.25, -0.2) is 9.78 Å². The van der Waals surface area contributed by atoms with Gasteiger partial charge in [-0.2, -0.15) is 0 Å². The minimum atomic E-state index is -0.363. The van der Waals surface area contributed by atoms with E-state index in [0.717, 1.165) is 25.4 Å². The molecule has 0 atom stereocenters. The fourth-order valence-electron chi connectivity index (χ4n) is 3.41. The van der Waals surface area contributed by atoms with Crippen molar-refractivity contribution in [2.24, 2.45) is 13.0 Å². The van der Waals surface area contributed by atoms with Crippen LogP contribution in [-0.2, 0) is 20.0 Å². The van der Waals surface area contributed by atoms with Gasteiger partial charge in [0.05, 0.1) is 0 Å². The Morgan fingerprint density at radius 1 is 1.21 bits per heavy atom. The van der Waals surface area contributed by atoms with E-state index in [-0.39, 0.29) is 17.2 Å². The lowest BCUT2D eigenvalue weighted by atomic mass is 10.1. The molecule has 0 aliphatic rings. The number of H-pyrrole nitrogens is 1. The zero-order chi connectivity index (χ0) is 20.0. The molecule has 1 N–H and O–H groups in total. The number of rotatable bonds is 4. The van der Waals surface area contributed by atoms with Crippen LogP contribution in [0.25, 0.3) is 21.9 Å². The standard InChI is InChI=1S/C20H20BrN5O2/c1-11(2)10-26-18-17(19(27)25(3)20(26)28)23-16(24-18)6-13-9-22-8-12-4-5-14(21)7-15(12)13/h4-5,7-9,11H,6,10H2,1-3H3,(H,23,24). The predicted molar refractivity (Wildman–Crippen MR) is 113 cm³/mol. The predicted octanol–water partition coefficient (Wildman–Crippen LogP) is 2.98. The highest BCUT2D eigenvalue weighted by Crippen LogP contribution is 2.24. The zero-order valence-corrected chi connectivity index (χ0v) is 17.4. The van der Waals surface area contributed by atoms with Crippen LogP contribution in [-0.4, -0.2) is 24.1 Å². The monoisotopic (exact) mass is 441 g/mol. The van der Waals surface area contributed by atoms with Gasteiger partial charge in [0.1, 0.15) is 11.3 Å². The number of hydrogen-bond donors (Lipinski definition) is 1. The molecule has 4 aromatic rings. The maximum Gasteiger partial charge on any atom is 0.332 e. The fraction of sp³-hybridized carbons (Fsp3) is 0.300. The first-order valence-electron chi connectivity index (χ1n) is 9.05. The van der Waals surface area contributed by atoms with Crippen LogP contribution in [0.15, 0.2) is 44.7 Å². The second-order valence-corrected chi connectivity index (χ2v) is 8.29. The number of aromatic nitrogens is 5. The number of fused-ring (bicyclic) bond motifs is 2. The Bertz CT molecular complexity index is 1320. The lowest BCUT2D eigenvalue weighted by Gasteiger charge is -2.10. The molecule has 0 saturated heterocycles. The molecule has 0 spiro atoms. The van der Waals surface area contributed by atoms with E-state index in [0.29, 0.717) is 30.0 Å². The lowest BCUT2D eigenvalue weighted by molar-refractivity contribution is 0.500. The average Bonchev–Trinajstić information content (AvgIpc) is 3.07. The summed E-state index contributed by atoms with van der Waals surface area (Å²) in [5.74, 6) is 0.877. The number of nitrogens with one attached hydrogen (secondary N) is 1. The van der Waals surface area contributed by atoms with Gasteiger partial charge in [-0.15, -0.1) is 0 Å². The van der Waals surface area contributed by atoms with E-state index >= 15 is 0 Å². The van der Waals surface area contributed by atoms with Crippen LogP contribution in [0, 0.1) is 5.92 Å². The summed E-state index contributed by atoms with van der Waals surface area (Å²) in [6, 6.07) is 6.02. The highest BCUT2D eigenvalue weighted by atomic mass is 79.9. The van der Waals surface area contributed by atoms with Gasteiger partial charge in [-0.1, -0.05) is 35.8 Å². The summed E-state index contributed by atoms with van der Waals surface area (Å²) in [4.78, 5) is 37.2. The number of benzene rings is 1. The Morgan fingerprint density at radius 2 is 2.00 bits per heavy atom. The van der Waals surface area contributed by atoms with E-state index in [9.17, 15) is 9.59 Å². The first-order chi connectivity index (χ1) is 13.3. The molecule has 144 valence electrons. The van der Waals surface area contributed by atoms with E-state index in [1.165, 1.54) is 7.05 Å². The number of halogens is 1. The van der Waals surface area contributed by atoms with Gasteiger partial charge in [0, 0.05) is 42.3 Å². The molecule has 0 saturated carbocycles. The Balaban J connectivity index is 1.88. The first kappa shape index (κ1) is 18.6. The van der Waals surface area contributed by atoms with Crippen molar-refractivity contribution in [3.8, 4) is 0 Å². The van der Waals surface area contributed by atoms with Crippen molar-refractivity contribution in [1.29, 1.82) is 0 Å². The van der Waals surface area contributed by atoms with Crippen LogP contribution in [0.1, 0.15) is 25.2 Å². The Morgan fingerprint density at radius 3 is 2.75 bits per heavy atom. The molecule has 0 fully saturated rings. The molecule has 1 aromatic carbocycles. The Kier molecular flexibility index (Phi) is 4.66. The van der Waals surface area contributed by atoms with Crippen molar-refractivity contribution >= 4 is 37.9 Å². The summed E-state index contributed by atoms with van der Waals surface area (Å²) in [6.07, 6.45) is 4.11. The van der Waals surface area contributed by atoms with E-state index in [2.05, 4.69) is 30.9 Å². The van der Waals surface area contributed by atoms with Gasteiger partial charge in [-0.05, 0) is 29.0 Å². The summed E-state index contributed by atoms with van der Waals surface area (Å²) in [6.45, 7) is 4.55. The number of aromatic amines is 1. The molecule has 28 heavy (non-hydrogen) atoms. The van der Waals surface area contributed by atoms with Crippen LogP contribution in [0.4, 0.5) is 0 Å². The van der Waals surface area contributed by atoms with Crippen LogP contribution in [0.3, 0.4) is 0 Å². The van der Waals surface area contributed by atoms with Crippen molar-refractivity contribution in [3.05, 3.63) is 67.3 Å². The van der Waals surface area contributed by atoms with E-state index in [4.69, 9.17) is 0 Å². The van der Waals surface area contributed by atoms with Crippen LogP contribution < -0.4 is 11.2 Å². The number of imidazole rings is 1. The van der Waals surface area contributed by atoms with Crippen LogP contribution >= 0.6 is 15.9 Å². The molecule has 8 heteroatoms. The molecular formula is C20H20BrN5O2. The molecule has 0 bridgehead atoms. The van der Waals surface area contributed by atoms with Crippen molar-refractivity contribution in [1.82, 2.24) is 24.1 Å². The Hall–Kier alpha value is -2.74. The van der Waals surface area contributed by atoms with Crippen molar-refractivity contribution in [3.63, 3.8) is 0 Å². The molecule has 0 aliphatic heterocycles. The summed E-state index contributed by atoms with van der Waals surface area (Å²) in [5.41, 5.74) is 1.04. The molecule has 3 aromatic heterocycles. The molecule has 7 nitrogen and oxygen atoms in total. The summed E-state index contributed by atoms with van der Waals surface area (Å²) < 4.78 is 3.68. The molecular weight excluding hydrogens is 422 g/mol. The molecule has 4 rings (SSSR count). The van der Waals surface area contributed by atoms with Crippen LogP contribution in [0.5, 0.6) is 0 Å². The third kappa shape index (κ3) is 3.17. The van der Waals surface area contributed by atoms with Crippen molar-refractivity contribution < 1.29 is 0 Å². The quantitative estimate of drug-likeness (QED) is 0.527. The highest BCUT2D eigenvalue weighted by Gasteiger charge is 2.17. The van der Waals surface area contributed by atoms with Crippen LogP contribution in [0.2, 0.25) is 0 Å². The SMILES string of the molecule is CC(C)Cn1c(=O)n(C)c(=O)c2[nH]c(Cc3cncc4ccc(Br)cc34)nc21. The zero-order valence-electron chi connectivity index (χ0n) is 15.9. The average molecular weight is 442 g/mol. The fourth-order valence-corrected chi connectivity index (χ4v) is 3.77. The highest BCUT2D eigenvalue weighted by molar-refractivity contribution is 9.10. The largest absolute Gasteiger partial charge is 0.336 e. The van der Waals surface area contributed by atoms with Gasteiger partial charge in [-0.3, -0.25) is 18.9 Å². The normalized spacial score (nSPS) is 11.8. The Labute approximate surface area is 169 Å². The molecule has 0 amide bonds. The summed E-state index contributed by atoms with van der Waals surface area (Å²) in [5, 5.41) is 2.10. The maximum absolute atomic E-state index is 12.6. The van der Waals surface area contributed by atoms with Crippen molar-refractivity contribution in [2.75, 3.05) is 0 Å². The van der Waals surface area contributed by atoms with Gasteiger partial charge in [0.15, 0.2) is 5.65 Å². The third-order valence-corrected chi connectivity index (χ3v) is 5.23. The van der Waals surface area contributed by atoms with E-state index in [1.54, 1.807) is 10.8 Å². The lowest BCUT2D eigenvalue weighted by Crippen LogP contribution is -2.38. The van der Waals surface area contributed by atoms with E-state index < -0.39 is 0 Å². The number of nitrogens with zero attached hydrogens (tertiary/aromatic N) is 4. The third-order valence-electron chi connectivity index (χ3n) is 4.74. The molecule has 0 aliphatic carbocycles. The summed E-state index contributed by atoms with van der Waals surface area (Å²) >= 11 is 3.51. The van der Waals surface area contributed by atoms with E-state index in [1.807, 2.05) is 38.2 Å². The topological polar surface area (TPSA) is 85.6 Å². The number of hydrogen-bond acceptors (Lipinski definition) is 4. The first-order valence-corrected chi connectivity index (χ1v) is 9.85. The van der Waals surface area contributed by atoms with Gasteiger partial charge >= 0.3 is 5.69 Å². The second kappa shape index (κ2) is 7.01. The second-order valence-electron chi connectivity index (χ2n) is 7.37. The van der Waals surface area contributed by atoms with Gasteiger partial charge in [0.2, 0.25) is 0 Å². The van der Waals surface area contributed by atoms with Gasteiger partial charge < -0.3 is 4.98 Å². The van der Waals surface area contributed by atoms with Crippen molar-refractivity contribution in [2.45, 2.75) is 26.8 Å². The summed E-state index contributed by atoms with van der Waals surface area (Å²) in [7, 11) is 1.49. The molecule has 3 heterocycles. The smallest absolute Gasteiger partial charge is 0.332 e. The van der Waals surface area contributed by atoms with Gasteiger partial charge in [0.25, 0.3) is 5.56 Å². The minimum absolute atomic E-state index is 0.248. The molecule has 0 unspecified atom stereocenters. The minimum Gasteiger partial charge on any atom is -0.336 e.